The van der Waals surface area contributed by atoms with Crippen molar-refractivity contribution in [3.8, 4) is 44.5 Å². The lowest BCUT2D eigenvalue weighted by atomic mass is 9.82. The van der Waals surface area contributed by atoms with Crippen LogP contribution in [0.1, 0.15) is 25.0 Å². The lowest BCUT2D eigenvalue weighted by Gasteiger charge is -2.29. The molecular formula is C59H41NO. The van der Waals surface area contributed by atoms with Crippen molar-refractivity contribution in [3.63, 3.8) is 0 Å². The molecule has 0 aliphatic heterocycles. The Bertz CT molecular complexity index is 3440. The minimum absolute atomic E-state index is 0.170. The second-order valence-electron chi connectivity index (χ2n) is 16.9. The fourth-order valence-corrected chi connectivity index (χ4v) is 10.1. The number of hydrogen-bond donors (Lipinski definition) is 0. The van der Waals surface area contributed by atoms with E-state index in [0.29, 0.717) is 0 Å². The largest absolute Gasteiger partial charge is 0.453 e. The molecule has 2 nitrogen and oxygen atoms in total. The van der Waals surface area contributed by atoms with Crippen LogP contribution < -0.4 is 4.90 Å². The number of furan rings is 1. The SMILES string of the molecule is CC1(C)c2ccccc2-c2ccc(N(c3cc(-c4ccccc4)cc(-c4ccccc4)c3)c3cccc4c3oc3c5ccccc5c(-c5cccc6ccccc56)cc43)cc21. The highest BCUT2D eigenvalue weighted by Gasteiger charge is 2.36. The van der Waals surface area contributed by atoms with Crippen LogP contribution in [0.4, 0.5) is 17.1 Å². The van der Waals surface area contributed by atoms with E-state index in [1.54, 1.807) is 0 Å². The molecule has 0 radical (unpaired) electrons. The molecule has 0 fully saturated rings. The Hall–Kier alpha value is -7.68. The first kappa shape index (κ1) is 35.3. The quantitative estimate of drug-likeness (QED) is 0.167. The van der Waals surface area contributed by atoms with Crippen molar-refractivity contribution in [3.05, 3.63) is 223 Å². The molecule has 1 aliphatic rings. The first-order valence-corrected chi connectivity index (χ1v) is 21.2. The van der Waals surface area contributed by atoms with Crippen LogP contribution in [0.5, 0.6) is 0 Å². The van der Waals surface area contributed by atoms with Crippen molar-refractivity contribution in [2.45, 2.75) is 19.3 Å². The van der Waals surface area contributed by atoms with E-state index >= 15 is 0 Å². The third-order valence-electron chi connectivity index (χ3n) is 13.0. The summed E-state index contributed by atoms with van der Waals surface area (Å²) in [6, 6.07) is 77.4. The summed E-state index contributed by atoms with van der Waals surface area (Å²) in [5.74, 6) is 0. The number of nitrogens with zero attached hydrogens (tertiary/aromatic N) is 1. The van der Waals surface area contributed by atoms with Gasteiger partial charge < -0.3 is 9.32 Å². The number of rotatable bonds is 6. The van der Waals surface area contributed by atoms with Crippen molar-refractivity contribution in [2.75, 3.05) is 4.90 Å². The van der Waals surface area contributed by atoms with Crippen molar-refractivity contribution in [1.82, 2.24) is 0 Å². The van der Waals surface area contributed by atoms with Gasteiger partial charge in [0.05, 0.1) is 5.69 Å². The van der Waals surface area contributed by atoms with Gasteiger partial charge in [-0.15, -0.1) is 0 Å². The summed E-state index contributed by atoms with van der Waals surface area (Å²) >= 11 is 0. The molecule has 288 valence electrons. The van der Waals surface area contributed by atoms with Gasteiger partial charge in [0.2, 0.25) is 0 Å². The van der Waals surface area contributed by atoms with Crippen molar-refractivity contribution in [1.29, 1.82) is 0 Å². The summed E-state index contributed by atoms with van der Waals surface area (Å²) in [4.78, 5) is 2.43. The van der Waals surface area contributed by atoms with Crippen LogP contribution in [-0.2, 0) is 5.41 Å². The van der Waals surface area contributed by atoms with Crippen molar-refractivity contribution < 1.29 is 4.42 Å². The Morgan fingerprint density at radius 3 is 1.69 bits per heavy atom. The van der Waals surface area contributed by atoms with Gasteiger partial charge in [-0.2, -0.15) is 0 Å². The molecule has 12 rings (SSSR count). The molecule has 0 saturated carbocycles. The number of fused-ring (bicyclic) bond motifs is 9. The van der Waals surface area contributed by atoms with E-state index in [2.05, 4.69) is 231 Å². The molecule has 1 aliphatic carbocycles. The van der Waals surface area contributed by atoms with Crippen LogP contribution in [0, 0.1) is 0 Å². The summed E-state index contributed by atoms with van der Waals surface area (Å²) in [5, 5.41) is 6.93. The maximum atomic E-state index is 7.27. The average molecular weight is 780 g/mol. The highest BCUT2D eigenvalue weighted by Crippen LogP contribution is 2.52. The van der Waals surface area contributed by atoms with E-state index in [9.17, 15) is 0 Å². The molecule has 1 aromatic heterocycles. The standard InChI is InChI=1S/C59H41NO/c1-59(2)54-29-14-13-25-48(54)49-32-31-43(36-55(49)59)60(44-34-41(38-17-5-3-6-18-38)33-42(35-44)39-19-7-4-8-20-39)56-30-16-28-51-53-37-52(46-27-15-22-40-21-9-10-23-45(40)46)47-24-11-12-26-50(47)57(53)61-58(51)56/h3-37H,1-2H3. The summed E-state index contributed by atoms with van der Waals surface area (Å²) < 4.78 is 7.27. The van der Waals surface area contributed by atoms with E-state index in [1.165, 1.54) is 60.7 Å². The molecular weight excluding hydrogens is 739 g/mol. The molecule has 2 heteroatoms. The summed E-state index contributed by atoms with van der Waals surface area (Å²) in [5.41, 5.74) is 17.1. The first-order chi connectivity index (χ1) is 30.0. The zero-order chi connectivity index (χ0) is 40.7. The van der Waals surface area contributed by atoms with Crippen LogP contribution in [0.3, 0.4) is 0 Å². The summed E-state index contributed by atoms with van der Waals surface area (Å²) in [7, 11) is 0. The molecule has 0 atom stereocenters. The Morgan fingerprint density at radius 1 is 0.344 bits per heavy atom. The van der Waals surface area contributed by atoms with Gasteiger partial charge in [0.15, 0.2) is 5.58 Å². The van der Waals surface area contributed by atoms with E-state index in [0.717, 1.165) is 55.5 Å². The van der Waals surface area contributed by atoms with Gasteiger partial charge in [-0.3, -0.25) is 0 Å². The van der Waals surface area contributed by atoms with Gasteiger partial charge in [-0.25, -0.2) is 0 Å². The van der Waals surface area contributed by atoms with Gasteiger partial charge in [0, 0.05) is 32.9 Å². The predicted molar refractivity (Wildman–Crippen MR) is 257 cm³/mol. The predicted octanol–water partition coefficient (Wildman–Crippen LogP) is 16.7. The minimum Gasteiger partial charge on any atom is -0.453 e. The molecule has 0 spiro atoms. The fourth-order valence-electron chi connectivity index (χ4n) is 10.1. The Labute approximate surface area is 355 Å². The number of hydrogen-bond acceptors (Lipinski definition) is 2. The van der Waals surface area contributed by atoms with Crippen LogP contribution in [0.15, 0.2) is 217 Å². The van der Waals surface area contributed by atoms with E-state index < -0.39 is 0 Å². The Balaban J connectivity index is 1.15. The molecule has 10 aromatic carbocycles. The number of anilines is 3. The molecule has 0 unspecified atom stereocenters. The third-order valence-corrected chi connectivity index (χ3v) is 13.0. The first-order valence-electron chi connectivity index (χ1n) is 21.2. The molecule has 0 amide bonds. The van der Waals surface area contributed by atoms with E-state index in [1.807, 2.05) is 0 Å². The normalized spacial score (nSPS) is 12.9. The van der Waals surface area contributed by atoms with Gasteiger partial charge in [0.1, 0.15) is 5.58 Å². The van der Waals surface area contributed by atoms with Gasteiger partial charge in [0.25, 0.3) is 0 Å². The van der Waals surface area contributed by atoms with Crippen LogP contribution >= 0.6 is 0 Å². The van der Waals surface area contributed by atoms with Crippen LogP contribution in [0.2, 0.25) is 0 Å². The molecule has 1 heterocycles. The highest BCUT2D eigenvalue weighted by molar-refractivity contribution is 6.22. The number of para-hydroxylation sites is 1. The second kappa shape index (κ2) is 13.7. The van der Waals surface area contributed by atoms with E-state index in [-0.39, 0.29) is 5.41 Å². The topological polar surface area (TPSA) is 16.4 Å². The summed E-state index contributed by atoms with van der Waals surface area (Å²) in [6.45, 7) is 4.71. The zero-order valence-corrected chi connectivity index (χ0v) is 34.1. The van der Waals surface area contributed by atoms with Gasteiger partial charge in [-0.1, -0.05) is 184 Å². The minimum atomic E-state index is -0.170. The van der Waals surface area contributed by atoms with Crippen molar-refractivity contribution >= 4 is 60.5 Å². The second-order valence-corrected chi connectivity index (χ2v) is 16.9. The Morgan fingerprint density at radius 2 is 0.918 bits per heavy atom. The molecule has 0 saturated heterocycles. The van der Waals surface area contributed by atoms with Gasteiger partial charge in [-0.05, 0) is 114 Å². The smallest absolute Gasteiger partial charge is 0.159 e. The molecule has 11 aromatic rings. The third kappa shape index (κ3) is 5.56. The molecule has 0 N–H and O–H groups in total. The van der Waals surface area contributed by atoms with Crippen molar-refractivity contribution in [2.24, 2.45) is 0 Å². The Kier molecular flexibility index (Phi) is 7.92. The van der Waals surface area contributed by atoms with Crippen LogP contribution in [0.25, 0.3) is 88.0 Å². The molecule has 61 heavy (non-hydrogen) atoms. The molecule has 0 bridgehead atoms. The van der Waals surface area contributed by atoms with Gasteiger partial charge >= 0.3 is 0 Å². The maximum absolute atomic E-state index is 7.27. The zero-order valence-electron chi connectivity index (χ0n) is 34.1. The monoisotopic (exact) mass is 779 g/mol. The maximum Gasteiger partial charge on any atom is 0.159 e. The summed E-state index contributed by atoms with van der Waals surface area (Å²) in [6.07, 6.45) is 0. The lowest BCUT2D eigenvalue weighted by molar-refractivity contribution is 0.660. The highest BCUT2D eigenvalue weighted by atomic mass is 16.3. The lowest BCUT2D eigenvalue weighted by Crippen LogP contribution is -2.16. The number of benzene rings is 10. The average Bonchev–Trinajstić information content (AvgIpc) is 3.81. The van der Waals surface area contributed by atoms with Crippen LogP contribution in [-0.4, -0.2) is 0 Å². The van der Waals surface area contributed by atoms with E-state index in [4.69, 9.17) is 4.42 Å². The fraction of sp³-hybridized carbons (Fsp3) is 0.0508.